The average molecular weight is 313 g/mol. The van der Waals surface area contributed by atoms with Crippen molar-refractivity contribution in [2.75, 3.05) is 17.2 Å². The minimum Gasteiger partial charge on any atom is -0.326 e. The summed E-state index contributed by atoms with van der Waals surface area (Å²) in [5.74, 6) is -0.229. The molecule has 0 bridgehead atoms. The van der Waals surface area contributed by atoms with Gasteiger partial charge in [0, 0.05) is 24.3 Å². The van der Waals surface area contributed by atoms with Gasteiger partial charge in [-0.2, -0.15) is 0 Å². The molecule has 7 heteroatoms. The van der Waals surface area contributed by atoms with E-state index < -0.39 is 19.0 Å². The van der Waals surface area contributed by atoms with Gasteiger partial charge < -0.3 is 15.5 Å². The molecule has 1 aromatic rings. The van der Waals surface area contributed by atoms with Crippen LogP contribution in [0.2, 0.25) is 0 Å². The lowest BCUT2D eigenvalue weighted by Crippen LogP contribution is -2.43. The molecular formula is C15H21F2N3O2. The van der Waals surface area contributed by atoms with Crippen LogP contribution in [0.3, 0.4) is 0 Å². The molecule has 0 aliphatic heterocycles. The van der Waals surface area contributed by atoms with Crippen molar-refractivity contribution in [1.29, 1.82) is 0 Å². The summed E-state index contributed by atoms with van der Waals surface area (Å²) in [7, 11) is 0. The number of amides is 3. The average Bonchev–Trinajstić information content (AvgIpc) is 2.39. The number of benzene rings is 1. The van der Waals surface area contributed by atoms with E-state index in [0.29, 0.717) is 16.9 Å². The number of rotatable bonds is 5. The van der Waals surface area contributed by atoms with Gasteiger partial charge in [0.1, 0.15) is 0 Å². The summed E-state index contributed by atoms with van der Waals surface area (Å²) in [6.07, 6.45) is -2.60. The van der Waals surface area contributed by atoms with Crippen molar-refractivity contribution in [3.05, 3.63) is 23.8 Å². The van der Waals surface area contributed by atoms with Gasteiger partial charge in [0.25, 0.3) is 6.43 Å². The Bertz CT molecular complexity index is 548. The van der Waals surface area contributed by atoms with Crippen molar-refractivity contribution in [3.8, 4) is 0 Å². The minimum absolute atomic E-state index is 0.229. The predicted molar refractivity (Wildman–Crippen MR) is 82.3 cm³/mol. The van der Waals surface area contributed by atoms with Crippen LogP contribution < -0.4 is 10.6 Å². The Balaban J connectivity index is 2.93. The number of hydrogen-bond donors (Lipinski definition) is 2. The van der Waals surface area contributed by atoms with E-state index in [9.17, 15) is 18.4 Å². The summed E-state index contributed by atoms with van der Waals surface area (Å²) in [4.78, 5) is 24.4. The Morgan fingerprint density at radius 2 is 1.73 bits per heavy atom. The largest absolute Gasteiger partial charge is 0.326 e. The number of carbonyl (C=O) groups is 2. The van der Waals surface area contributed by atoms with Crippen molar-refractivity contribution < 1.29 is 18.4 Å². The van der Waals surface area contributed by atoms with Gasteiger partial charge in [0.05, 0.1) is 6.54 Å². The number of hydrogen-bond acceptors (Lipinski definition) is 2. The summed E-state index contributed by atoms with van der Waals surface area (Å²) >= 11 is 0. The number of urea groups is 1. The Labute approximate surface area is 128 Å². The molecule has 0 atom stereocenters. The van der Waals surface area contributed by atoms with E-state index in [1.54, 1.807) is 39.0 Å². The molecular weight excluding hydrogens is 292 g/mol. The fourth-order valence-corrected chi connectivity index (χ4v) is 1.96. The van der Waals surface area contributed by atoms with E-state index >= 15 is 0 Å². The van der Waals surface area contributed by atoms with Crippen molar-refractivity contribution >= 4 is 23.3 Å². The SMILES string of the molecule is CC(=O)Nc1cccc(NC(=O)N(CC(F)F)C(C)C)c1C. The molecule has 5 nitrogen and oxygen atoms in total. The molecule has 1 rings (SSSR count). The first-order valence-corrected chi connectivity index (χ1v) is 6.95. The number of nitrogens with one attached hydrogen (secondary N) is 2. The zero-order valence-electron chi connectivity index (χ0n) is 13.1. The van der Waals surface area contributed by atoms with Gasteiger partial charge in [0.15, 0.2) is 0 Å². The first-order valence-electron chi connectivity index (χ1n) is 6.95. The molecule has 22 heavy (non-hydrogen) atoms. The maximum absolute atomic E-state index is 12.6. The van der Waals surface area contributed by atoms with Crippen LogP contribution in [0.15, 0.2) is 18.2 Å². The third-order valence-electron chi connectivity index (χ3n) is 3.11. The van der Waals surface area contributed by atoms with E-state index in [2.05, 4.69) is 10.6 Å². The number of nitrogens with zero attached hydrogens (tertiary/aromatic N) is 1. The molecule has 0 fully saturated rings. The van der Waals surface area contributed by atoms with Crippen molar-refractivity contribution in [2.45, 2.75) is 40.2 Å². The van der Waals surface area contributed by atoms with Crippen LogP contribution >= 0.6 is 0 Å². The molecule has 0 unspecified atom stereocenters. The highest BCUT2D eigenvalue weighted by molar-refractivity contribution is 5.94. The van der Waals surface area contributed by atoms with Crippen LogP contribution in [-0.4, -0.2) is 35.9 Å². The second-order valence-electron chi connectivity index (χ2n) is 5.23. The number of alkyl halides is 2. The van der Waals surface area contributed by atoms with Crippen LogP contribution in [0.5, 0.6) is 0 Å². The second-order valence-corrected chi connectivity index (χ2v) is 5.23. The molecule has 0 heterocycles. The highest BCUT2D eigenvalue weighted by atomic mass is 19.3. The molecule has 0 radical (unpaired) electrons. The molecule has 0 saturated heterocycles. The van der Waals surface area contributed by atoms with Crippen LogP contribution in [0.1, 0.15) is 26.3 Å². The maximum atomic E-state index is 12.6. The van der Waals surface area contributed by atoms with E-state index in [1.807, 2.05) is 0 Å². The highest BCUT2D eigenvalue weighted by Gasteiger charge is 2.21. The van der Waals surface area contributed by atoms with Crippen LogP contribution in [0.4, 0.5) is 25.0 Å². The normalized spacial score (nSPS) is 10.7. The minimum atomic E-state index is -2.60. The Kier molecular flexibility index (Phi) is 6.27. The van der Waals surface area contributed by atoms with E-state index in [4.69, 9.17) is 0 Å². The van der Waals surface area contributed by atoms with Crippen LogP contribution in [0.25, 0.3) is 0 Å². The van der Waals surface area contributed by atoms with Crippen LogP contribution in [-0.2, 0) is 4.79 Å². The van der Waals surface area contributed by atoms with Gasteiger partial charge in [-0.05, 0) is 38.5 Å². The summed E-state index contributed by atoms with van der Waals surface area (Å²) in [5.41, 5.74) is 1.69. The van der Waals surface area contributed by atoms with Crippen LogP contribution in [0, 0.1) is 6.92 Å². The summed E-state index contributed by atoms with van der Waals surface area (Å²) < 4.78 is 25.1. The first-order chi connectivity index (χ1) is 10.2. The molecule has 0 aromatic heterocycles. The third-order valence-corrected chi connectivity index (χ3v) is 3.11. The number of halogens is 2. The highest BCUT2D eigenvalue weighted by Crippen LogP contribution is 2.24. The molecule has 0 aliphatic carbocycles. The Morgan fingerprint density at radius 1 is 1.18 bits per heavy atom. The van der Waals surface area contributed by atoms with Crippen molar-refractivity contribution in [1.82, 2.24) is 4.90 Å². The summed E-state index contributed by atoms with van der Waals surface area (Å²) in [6, 6.07) is 4.07. The molecule has 122 valence electrons. The van der Waals surface area contributed by atoms with Gasteiger partial charge in [-0.3, -0.25) is 4.79 Å². The van der Waals surface area contributed by atoms with Gasteiger partial charge in [0.2, 0.25) is 5.91 Å². The zero-order chi connectivity index (χ0) is 16.9. The fourth-order valence-electron chi connectivity index (χ4n) is 1.96. The molecule has 0 saturated carbocycles. The first kappa shape index (κ1) is 17.9. The lowest BCUT2D eigenvalue weighted by atomic mass is 10.1. The van der Waals surface area contributed by atoms with Crippen molar-refractivity contribution in [2.24, 2.45) is 0 Å². The predicted octanol–water partition coefficient (Wildman–Crippen LogP) is 3.46. The van der Waals surface area contributed by atoms with Gasteiger partial charge in [-0.1, -0.05) is 6.07 Å². The fraction of sp³-hybridized carbons (Fsp3) is 0.467. The monoisotopic (exact) mass is 313 g/mol. The molecule has 1 aromatic carbocycles. The Hall–Kier alpha value is -2.18. The smallest absolute Gasteiger partial charge is 0.322 e. The van der Waals surface area contributed by atoms with E-state index in [1.165, 1.54) is 6.92 Å². The third kappa shape index (κ3) is 4.98. The van der Waals surface area contributed by atoms with E-state index in [-0.39, 0.29) is 11.9 Å². The quantitative estimate of drug-likeness (QED) is 0.874. The maximum Gasteiger partial charge on any atom is 0.322 e. The lowest BCUT2D eigenvalue weighted by Gasteiger charge is -2.27. The molecule has 0 aliphatic rings. The zero-order valence-corrected chi connectivity index (χ0v) is 13.1. The van der Waals surface area contributed by atoms with Gasteiger partial charge >= 0.3 is 6.03 Å². The second kappa shape index (κ2) is 7.72. The summed E-state index contributed by atoms with van der Waals surface area (Å²) in [6.45, 7) is 5.82. The number of carbonyl (C=O) groups excluding carboxylic acids is 2. The summed E-state index contributed by atoms with van der Waals surface area (Å²) in [5, 5.41) is 5.26. The molecule has 3 amide bonds. The lowest BCUT2D eigenvalue weighted by molar-refractivity contribution is -0.114. The topological polar surface area (TPSA) is 61.4 Å². The molecule has 0 spiro atoms. The van der Waals surface area contributed by atoms with Gasteiger partial charge in [-0.25, -0.2) is 13.6 Å². The van der Waals surface area contributed by atoms with Gasteiger partial charge in [-0.15, -0.1) is 0 Å². The van der Waals surface area contributed by atoms with E-state index in [0.717, 1.165) is 4.90 Å². The standard InChI is InChI=1S/C15H21F2N3O2/c1-9(2)20(8-14(16)17)15(22)19-13-7-5-6-12(10(13)3)18-11(4)21/h5-7,9,14H,8H2,1-4H3,(H,18,21)(H,19,22). The number of anilines is 2. The van der Waals surface area contributed by atoms with Crippen molar-refractivity contribution in [3.63, 3.8) is 0 Å². The molecule has 2 N–H and O–H groups in total. The Morgan fingerprint density at radius 3 is 2.18 bits per heavy atom.